The lowest BCUT2D eigenvalue weighted by Gasteiger charge is -2.00. The van der Waals surface area contributed by atoms with Crippen LogP contribution in [0.4, 0.5) is 17.3 Å². The molecule has 0 saturated carbocycles. The zero-order valence-corrected chi connectivity index (χ0v) is 12.0. The molecule has 0 fully saturated rings. The minimum atomic E-state index is 0. The summed E-state index contributed by atoms with van der Waals surface area (Å²) in [7, 11) is 0. The number of hydrogen-bond donors (Lipinski definition) is 3. The molecule has 0 saturated heterocycles. The minimum Gasteiger partial charge on any atom is -1.00 e. The van der Waals surface area contributed by atoms with E-state index in [1.807, 2.05) is 18.2 Å². The molecule has 0 aliphatic carbocycles. The van der Waals surface area contributed by atoms with Gasteiger partial charge in [-0.1, -0.05) is 30.3 Å². The van der Waals surface area contributed by atoms with Crippen LogP contribution in [0.2, 0.25) is 0 Å². The third-order valence-electron chi connectivity index (χ3n) is 2.67. The molecule has 2 rings (SSSR count). The maximum Gasteiger partial charge on any atom is 0.298 e. The zero-order chi connectivity index (χ0) is 12.1. The van der Waals surface area contributed by atoms with Crippen molar-refractivity contribution in [3.05, 3.63) is 48.0 Å². The number of aromatic nitrogens is 1. The van der Waals surface area contributed by atoms with Gasteiger partial charge in [0.25, 0.3) is 11.6 Å². The molecule has 104 valence electrons. The number of H-pyrrole nitrogens is 1. The van der Waals surface area contributed by atoms with Crippen molar-refractivity contribution >= 4 is 17.3 Å². The molecule has 0 aliphatic rings. The highest BCUT2D eigenvalue weighted by Gasteiger charge is 2.06. The Labute approximate surface area is 125 Å². The number of anilines is 2. The van der Waals surface area contributed by atoms with Gasteiger partial charge in [-0.2, -0.15) is 4.98 Å². The highest BCUT2D eigenvalue weighted by Crippen LogP contribution is 2.06. The monoisotopic (exact) mass is 300 g/mol. The number of benzene rings is 1. The second-order valence-electron chi connectivity index (χ2n) is 4.01. The van der Waals surface area contributed by atoms with Crippen LogP contribution in [0.25, 0.3) is 0 Å². The molecule has 6 heteroatoms. The summed E-state index contributed by atoms with van der Waals surface area (Å²) in [5.74, 6) is 1.53. The molecular formula is C13H18Cl2N4. The lowest BCUT2D eigenvalue weighted by Crippen LogP contribution is -3.00. The van der Waals surface area contributed by atoms with Crippen molar-refractivity contribution < 1.29 is 35.1 Å². The van der Waals surface area contributed by atoms with Crippen LogP contribution < -0.4 is 46.6 Å². The van der Waals surface area contributed by atoms with Crippen LogP contribution in [0.3, 0.4) is 0 Å². The normalized spacial score (nSPS) is 9.26. The van der Waals surface area contributed by atoms with Crippen LogP contribution in [-0.2, 0) is 6.42 Å². The Kier molecular flexibility index (Phi) is 7.91. The Hall–Kier alpha value is -1.49. The van der Waals surface area contributed by atoms with E-state index in [0.29, 0.717) is 11.5 Å². The first-order valence-electron chi connectivity index (χ1n) is 5.70. The summed E-state index contributed by atoms with van der Waals surface area (Å²) in [4.78, 5) is 3.06. The number of quaternary nitrogens is 1. The van der Waals surface area contributed by atoms with Crippen molar-refractivity contribution in [2.24, 2.45) is 0 Å². The SMILES string of the molecule is Nc1ccc([NH2+]CCc2ccccc2)[nH+]c1N.[Cl-].[Cl-]. The first-order valence-corrected chi connectivity index (χ1v) is 5.70. The smallest absolute Gasteiger partial charge is 0.298 e. The summed E-state index contributed by atoms with van der Waals surface area (Å²) in [6.07, 6.45) is 1.03. The summed E-state index contributed by atoms with van der Waals surface area (Å²) in [6.45, 7) is 0.976. The third-order valence-corrected chi connectivity index (χ3v) is 2.67. The van der Waals surface area contributed by atoms with Gasteiger partial charge in [-0.15, -0.1) is 0 Å². The fraction of sp³-hybridized carbons (Fsp3) is 0.154. The van der Waals surface area contributed by atoms with E-state index in [0.717, 1.165) is 18.8 Å². The standard InChI is InChI=1S/C13H16N4.2ClH/c14-11-6-7-12(17-13(11)15)16-9-8-10-4-2-1-3-5-10;;/h1-7H,8-9,14H2,(H3,15,16,17);2*1H. The minimum absolute atomic E-state index is 0. The van der Waals surface area contributed by atoms with E-state index in [9.17, 15) is 0 Å². The lowest BCUT2D eigenvalue weighted by atomic mass is 10.1. The van der Waals surface area contributed by atoms with Crippen molar-refractivity contribution in [3.8, 4) is 0 Å². The molecule has 1 heterocycles. The van der Waals surface area contributed by atoms with E-state index in [1.54, 1.807) is 0 Å². The maximum atomic E-state index is 5.70. The molecule has 0 bridgehead atoms. The van der Waals surface area contributed by atoms with Crippen LogP contribution in [0, 0.1) is 0 Å². The Morgan fingerprint density at radius 3 is 2.26 bits per heavy atom. The molecule has 0 aliphatic heterocycles. The second-order valence-corrected chi connectivity index (χ2v) is 4.01. The Bertz CT molecular complexity index is 491. The fourth-order valence-corrected chi connectivity index (χ4v) is 1.70. The maximum absolute atomic E-state index is 5.70. The average Bonchev–Trinajstić information content (AvgIpc) is 2.35. The number of halogens is 2. The summed E-state index contributed by atoms with van der Waals surface area (Å²) >= 11 is 0. The van der Waals surface area contributed by atoms with Crippen LogP contribution in [-0.4, -0.2) is 6.54 Å². The van der Waals surface area contributed by atoms with Gasteiger partial charge in [-0.05, 0) is 11.6 Å². The summed E-state index contributed by atoms with van der Waals surface area (Å²) < 4.78 is 0. The number of hydrogen-bond acceptors (Lipinski definition) is 2. The molecule has 0 atom stereocenters. The van der Waals surface area contributed by atoms with E-state index in [1.165, 1.54) is 5.56 Å². The molecule has 0 spiro atoms. The Balaban J connectivity index is 0.00000162. The van der Waals surface area contributed by atoms with Gasteiger partial charge in [0.1, 0.15) is 5.69 Å². The molecule has 2 aromatic rings. The van der Waals surface area contributed by atoms with Gasteiger partial charge in [0.05, 0.1) is 6.54 Å². The molecule has 0 amide bonds. The number of nitrogen functional groups attached to an aromatic ring is 2. The number of nitrogens with two attached hydrogens (primary N) is 3. The van der Waals surface area contributed by atoms with Gasteiger partial charge in [0, 0.05) is 12.5 Å². The first-order chi connectivity index (χ1) is 8.25. The summed E-state index contributed by atoms with van der Waals surface area (Å²) in [6, 6.07) is 14.2. The van der Waals surface area contributed by atoms with Gasteiger partial charge in [-0.3, -0.25) is 11.1 Å². The van der Waals surface area contributed by atoms with E-state index in [2.05, 4.69) is 34.6 Å². The van der Waals surface area contributed by atoms with Crippen molar-refractivity contribution in [3.63, 3.8) is 0 Å². The topological polar surface area (TPSA) is 82.8 Å². The highest BCUT2D eigenvalue weighted by atomic mass is 35.5. The number of rotatable bonds is 4. The molecule has 0 radical (unpaired) electrons. The van der Waals surface area contributed by atoms with Crippen molar-refractivity contribution in [2.45, 2.75) is 6.42 Å². The predicted molar refractivity (Wildman–Crippen MR) is 68.4 cm³/mol. The molecule has 1 aromatic carbocycles. The first kappa shape index (κ1) is 17.5. The molecular weight excluding hydrogens is 283 g/mol. The van der Waals surface area contributed by atoms with Gasteiger partial charge >= 0.3 is 0 Å². The van der Waals surface area contributed by atoms with Gasteiger partial charge in [0.15, 0.2) is 0 Å². The zero-order valence-electron chi connectivity index (χ0n) is 10.4. The Morgan fingerprint density at radius 2 is 1.63 bits per heavy atom. The summed E-state index contributed by atoms with van der Waals surface area (Å²) in [5.41, 5.74) is 13.3. The van der Waals surface area contributed by atoms with Crippen molar-refractivity contribution in [2.75, 3.05) is 18.0 Å². The van der Waals surface area contributed by atoms with Crippen LogP contribution in [0.15, 0.2) is 42.5 Å². The third kappa shape index (κ3) is 5.34. The van der Waals surface area contributed by atoms with Crippen LogP contribution >= 0.6 is 0 Å². The molecule has 0 unspecified atom stereocenters. The van der Waals surface area contributed by atoms with Gasteiger partial charge in [0.2, 0.25) is 0 Å². The highest BCUT2D eigenvalue weighted by molar-refractivity contribution is 5.54. The van der Waals surface area contributed by atoms with E-state index < -0.39 is 0 Å². The van der Waals surface area contributed by atoms with Crippen molar-refractivity contribution in [1.82, 2.24) is 0 Å². The summed E-state index contributed by atoms with van der Waals surface area (Å²) in [5, 5.41) is 2.13. The molecule has 4 nitrogen and oxygen atoms in total. The largest absolute Gasteiger partial charge is 1.00 e. The van der Waals surface area contributed by atoms with E-state index in [-0.39, 0.29) is 24.8 Å². The quantitative estimate of drug-likeness (QED) is 0.526. The van der Waals surface area contributed by atoms with Crippen LogP contribution in [0.5, 0.6) is 0 Å². The van der Waals surface area contributed by atoms with E-state index >= 15 is 0 Å². The van der Waals surface area contributed by atoms with E-state index in [4.69, 9.17) is 11.5 Å². The molecule has 1 aromatic heterocycles. The Morgan fingerprint density at radius 1 is 0.947 bits per heavy atom. The lowest BCUT2D eigenvalue weighted by molar-refractivity contribution is -0.643. The number of pyridine rings is 1. The van der Waals surface area contributed by atoms with Gasteiger partial charge < -0.3 is 30.5 Å². The van der Waals surface area contributed by atoms with Gasteiger partial charge in [-0.25, -0.2) is 0 Å². The predicted octanol–water partition coefficient (Wildman–Crippen LogP) is -5.89. The fourth-order valence-electron chi connectivity index (χ4n) is 1.70. The molecule has 7 N–H and O–H groups in total. The average molecular weight is 301 g/mol. The second kappa shape index (κ2) is 8.58. The van der Waals surface area contributed by atoms with Crippen LogP contribution in [0.1, 0.15) is 5.56 Å². The van der Waals surface area contributed by atoms with Crippen molar-refractivity contribution in [1.29, 1.82) is 0 Å². The number of aromatic amines is 1. The number of nitrogens with one attached hydrogen (secondary N) is 1. The molecule has 19 heavy (non-hydrogen) atoms.